The molecule has 0 heterocycles. The first-order chi connectivity index (χ1) is 10.2. The van der Waals surface area contributed by atoms with E-state index >= 15 is 0 Å². The van der Waals surface area contributed by atoms with Crippen LogP contribution in [-0.4, -0.2) is 25.9 Å². The molecule has 0 atom stereocenters. The minimum Gasteiger partial charge on any atom is -0.384 e. The molecule has 4 heteroatoms. The molecule has 3 nitrogen and oxygen atoms in total. The van der Waals surface area contributed by atoms with Crippen molar-refractivity contribution in [3.63, 3.8) is 0 Å². The van der Waals surface area contributed by atoms with E-state index in [1.165, 1.54) is 0 Å². The number of hydrogen-bond donors (Lipinski definition) is 2. The normalized spacial score (nSPS) is 10.4. The van der Waals surface area contributed by atoms with E-state index in [1.54, 1.807) is 12.1 Å². The lowest BCUT2D eigenvalue weighted by Crippen LogP contribution is -2.14. The van der Waals surface area contributed by atoms with Gasteiger partial charge in [-0.2, -0.15) is 0 Å². The van der Waals surface area contributed by atoms with Crippen LogP contribution in [0.3, 0.4) is 0 Å². The Bertz CT molecular complexity index is 599. The maximum Gasteiger partial charge on any atom is 0.195 e. The van der Waals surface area contributed by atoms with Crippen molar-refractivity contribution in [3.05, 3.63) is 64.7 Å². The average molecular weight is 303 g/mol. The third-order valence-corrected chi connectivity index (χ3v) is 3.42. The lowest BCUT2D eigenvalue weighted by molar-refractivity contribution is 0.103. The van der Waals surface area contributed by atoms with Gasteiger partial charge in [0.15, 0.2) is 5.78 Å². The minimum atomic E-state index is -0.0192. The maximum atomic E-state index is 12.6. The van der Waals surface area contributed by atoms with E-state index in [4.69, 9.17) is 11.6 Å². The Kier molecular flexibility index (Phi) is 5.78. The topological polar surface area (TPSA) is 41.1 Å². The number of ketones is 1. The second kappa shape index (κ2) is 7.81. The Morgan fingerprint density at radius 2 is 1.86 bits per heavy atom. The molecule has 0 fully saturated rings. The molecule has 0 radical (unpaired) electrons. The van der Waals surface area contributed by atoms with Crippen LogP contribution in [0, 0.1) is 0 Å². The fourth-order valence-electron chi connectivity index (χ4n) is 2.09. The third kappa shape index (κ3) is 4.31. The van der Waals surface area contributed by atoms with E-state index in [9.17, 15) is 4.79 Å². The number of carbonyl (C=O) groups is 1. The van der Waals surface area contributed by atoms with Crippen molar-refractivity contribution < 1.29 is 4.79 Å². The predicted octanol–water partition coefficient (Wildman–Crippen LogP) is 3.59. The van der Waals surface area contributed by atoms with Crippen LogP contribution >= 0.6 is 11.6 Å². The summed E-state index contributed by atoms with van der Waals surface area (Å²) in [5.74, 6) is -0.0192. The van der Waals surface area contributed by atoms with Gasteiger partial charge in [-0.3, -0.25) is 4.79 Å². The van der Waals surface area contributed by atoms with Crippen LogP contribution in [0.5, 0.6) is 0 Å². The highest BCUT2D eigenvalue weighted by Gasteiger charge is 2.13. The molecule has 0 saturated heterocycles. The highest BCUT2D eigenvalue weighted by atomic mass is 35.5. The molecule has 0 aromatic heterocycles. The molecule has 0 bridgehead atoms. The number of benzene rings is 2. The lowest BCUT2D eigenvalue weighted by Gasteiger charge is -2.12. The summed E-state index contributed by atoms with van der Waals surface area (Å²) in [6.07, 6.45) is 0.984. The molecule has 21 heavy (non-hydrogen) atoms. The standard InChI is InChI=1S/C17H19ClN2O/c1-19-10-5-11-20-16-9-8-14(18)12-15(16)17(21)13-6-3-2-4-7-13/h2-4,6-9,12,19-20H,5,10-11H2,1H3. The first-order valence-electron chi connectivity index (χ1n) is 7.00. The molecule has 2 rings (SSSR count). The van der Waals surface area contributed by atoms with Crippen LogP contribution < -0.4 is 10.6 Å². The highest BCUT2D eigenvalue weighted by Crippen LogP contribution is 2.23. The summed E-state index contributed by atoms with van der Waals surface area (Å²) < 4.78 is 0. The van der Waals surface area contributed by atoms with E-state index in [1.807, 2.05) is 43.4 Å². The summed E-state index contributed by atoms with van der Waals surface area (Å²) in [5, 5.41) is 6.97. The molecule has 2 aromatic rings. The van der Waals surface area contributed by atoms with Gasteiger partial charge >= 0.3 is 0 Å². The average Bonchev–Trinajstić information content (AvgIpc) is 2.53. The molecule has 0 unspecified atom stereocenters. The molecule has 0 saturated carbocycles. The Labute approximate surface area is 130 Å². The fourth-order valence-corrected chi connectivity index (χ4v) is 2.26. The van der Waals surface area contributed by atoms with Gasteiger partial charge in [0.2, 0.25) is 0 Å². The zero-order valence-corrected chi connectivity index (χ0v) is 12.8. The van der Waals surface area contributed by atoms with Gasteiger partial charge in [-0.15, -0.1) is 0 Å². The summed E-state index contributed by atoms with van der Waals surface area (Å²) in [6, 6.07) is 14.6. The Hall–Kier alpha value is -1.84. The van der Waals surface area contributed by atoms with Gasteiger partial charge in [-0.05, 0) is 38.2 Å². The molecular weight excluding hydrogens is 284 g/mol. The summed E-state index contributed by atoms with van der Waals surface area (Å²) in [7, 11) is 1.92. The maximum absolute atomic E-state index is 12.6. The van der Waals surface area contributed by atoms with Crippen molar-refractivity contribution in [2.45, 2.75) is 6.42 Å². The van der Waals surface area contributed by atoms with Crippen LogP contribution in [0.25, 0.3) is 0 Å². The number of rotatable bonds is 7. The Morgan fingerprint density at radius 1 is 1.10 bits per heavy atom. The number of anilines is 1. The quantitative estimate of drug-likeness (QED) is 0.606. The molecule has 2 N–H and O–H groups in total. The Morgan fingerprint density at radius 3 is 2.57 bits per heavy atom. The molecule has 2 aromatic carbocycles. The zero-order valence-electron chi connectivity index (χ0n) is 12.0. The summed E-state index contributed by atoms with van der Waals surface area (Å²) in [6.45, 7) is 1.74. The van der Waals surface area contributed by atoms with E-state index < -0.39 is 0 Å². The predicted molar refractivity (Wildman–Crippen MR) is 88.4 cm³/mol. The van der Waals surface area contributed by atoms with E-state index in [2.05, 4.69) is 10.6 Å². The smallest absolute Gasteiger partial charge is 0.195 e. The van der Waals surface area contributed by atoms with Crippen LogP contribution in [0.15, 0.2) is 48.5 Å². The van der Waals surface area contributed by atoms with Gasteiger partial charge in [-0.1, -0.05) is 41.9 Å². The number of halogens is 1. The van der Waals surface area contributed by atoms with Crippen molar-refractivity contribution >= 4 is 23.1 Å². The second-order valence-electron chi connectivity index (χ2n) is 4.77. The van der Waals surface area contributed by atoms with Crippen molar-refractivity contribution in [2.75, 3.05) is 25.5 Å². The second-order valence-corrected chi connectivity index (χ2v) is 5.21. The van der Waals surface area contributed by atoms with Gasteiger partial charge in [0.05, 0.1) is 0 Å². The van der Waals surface area contributed by atoms with Crippen LogP contribution in [0.2, 0.25) is 5.02 Å². The lowest BCUT2D eigenvalue weighted by atomic mass is 10.0. The molecule has 0 aliphatic rings. The molecule has 0 aliphatic carbocycles. The van der Waals surface area contributed by atoms with E-state index in [0.29, 0.717) is 16.1 Å². The van der Waals surface area contributed by atoms with Gasteiger partial charge in [-0.25, -0.2) is 0 Å². The molecular formula is C17H19ClN2O. The monoisotopic (exact) mass is 302 g/mol. The first kappa shape index (κ1) is 15.5. The number of hydrogen-bond acceptors (Lipinski definition) is 3. The van der Waals surface area contributed by atoms with Crippen molar-refractivity contribution in [2.24, 2.45) is 0 Å². The minimum absolute atomic E-state index is 0.0192. The summed E-state index contributed by atoms with van der Waals surface area (Å²) in [4.78, 5) is 12.6. The van der Waals surface area contributed by atoms with Crippen molar-refractivity contribution in [1.29, 1.82) is 0 Å². The zero-order chi connectivity index (χ0) is 15.1. The van der Waals surface area contributed by atoms with Crippen LogP contribution in [0.4, 0.5) is 5.69 Å². The fraction of sp³-hybridized carbons (Fsp3) is 0.235. The Balaban J connectivity index is 2.21. The third-order valence-electron chi connectivity index (χ3n) is 3.18. The summed E-state index contributed by atoms with van der Waals surface area (Å²) >= 11 is 6.04. The van der Waals surface area contributed by atoms with Gasteiger partial charge in [0.25, 0.3) is 0 Å². The van der Waals surface area contributed by atoms with Crippen molar-refractivity contribution in [1.82, 2.24) is 5.32 Å². The number of carbonyl (C=O) groups excluding carboxylic acids is 1. The van der Waals surface area contributed by atoms with E-state index in [-0.39, 0.29) is 5.78 Å². The SMILES string of the molecule is CNCCCNc1ccc(Cl)cc1C(=O)c1ccccc1. The first-order valence-corrected chi connectivity index (χ1v) is 7.38. The van der Waals surface area contributed by atoms with E-state index in [0.717, 1.165) is 25.2 Å². The van der Waals surface area contributed by atoms with Crippen LogP contribution in [-0.2, 0) is 0 Å². The molecule has 0 spiro atoms. The van der Waals surface area contributed by atoms with Gasteiger partial charge < -0.3 is 10.6 Å². The number of nitrogens with one attached hydrogen (secondary N) is 2. The highest BCUT2D eigenvalue weighted by molar-refractivity contribution is 6.31. The van der Waals surface area contributed by atoms with Gasteiger partial charge in [0.1, 0.15) is 0 Å². The van der Waals surface area contributed by atoms with Gasteiger partial charge in [0, 0.05) is 28.4 Å². The largest absolute Gasteiger partial charge is 0.384 e. The molecule has 0 aliphatic heterocycles. The molecule has 0 amide bonds. The van der Waals surface area contributed by atoms with Crippen molar-refractivity contribution in [3.8, 4) is 0 Å². The molecule has 110 valence electrons. The van der Waals surface area contributed by atoms with Crippen LogP contribution in [0.1, 0.15) is 22.3 Å². The summed E-state index contributed by atoms with van der Waals surface area (Å²) in [5.41, 5.74) is 2.10.